The van der Waals surface area contributed by atoms with Gasteiger partial charge in [-0.15, -0.1) is 0 Å². The Morgan fingerprint density at radius 3 is 2.33 bits per heavy atom. The molecule has 5 nitrogen and oxygen atoms in total. The molecule has 2 aromatic carbocycles. The number of hydrogen-bond donors (Lipinski definition) is 1. The van der Waals surface area contributed by atoms with Gasteiger partial charge in [-0.2, -0.15) is 0 Å². The van der Waals surface area contributed by atoms with Gasteiger partial charge in [-0.05, 0) is 42.7 Å². The van der Waals surface area contributed by atoms with Crippen LogP contribution in [0.15, 0.2) is 54.6 Å². The second kappa shape index (κ2) is 8.91. The number of benzene rings is 2. The molecule has 0 radical (unpaired) electrons. The van der Waals surface area contributed by atoms with Crippen molar-refractivity contribution >= 4 is 23.5 Å². The van der Waals surface area contributed by atoms with Crippen molar-refractivity contribution in [3.63, 3.8) is 0 Å². The van der Waals surface area contributed by atoms with Crippen LogP contribution < -0.4 is 10.1 Å². The Balaban J connectivity index is 1.39. The number of ether oxygens (including phenoxy) is 2. The predicted molar refractivity (Wildman–Crippen MR) is 103 cm³/mol. The van der Waals surface area contributed by atoms with Gasteiger partial charge in [-0.1, -0.05) is 48.4 Å². The van der Waals surface area contributed by atoms with Crippen LogP contribution in [0.2, 0.25) is 5.02 Å². The summed E-state index contributed by atoms with van der Waals surface area (Å²) >= 11 is 5.78. The first kappa shape index (κ1) is 19.2. The van der Waals surface area contributed by atoms with Crippen LogP contribution in [-0.4, -0.2) is 31.6 Å². The topological polar surface area (TPSA) is 64.6 Å². The lowest BCUT2D eigenvalue weighted by Crippen LogP contribution is -2.46. The van der Waals surface area contributed by atoms with E-state index in [1.165, 1.54) is 5.56 Å². The zero-order valence-electron chi connectivity index (χ0n) is 14.9. The van der Waals surface area contributed by atoms with E-state index in [-0.39, 0.29) is 24.5 Å². The molecular formula is C21H22ClNO4. The van der Waals surface area contributed by atoms with Crippen molar-refractivity contribution in [1.82, 2.24) is 5.32 Å². The highest BCUT2D eigenvalue weighted by Gasteiger charge is 2.38. The van der Waals surface area contributed by atoms with E-state index in [9.17, 15) is 9.59 Å². The number of nitrogens with one attached hydrogen (secondary N) is 1. The van der Waals surface area contributed by atoms with Crippen molar-refractivity contribution in [1.29, 1.82) is 0 Å². The highest BCUT2D eigenvalue weighted by Crippen LogP contribution is 2.43. The third-order valence-corrected chi connectivity index (χ3v) is 5.11. The van der Waals surface area contributed by atoms with E-state index in [0.717, 1.165) is 19.3 Å². The fourth-order valence-electron chi connectivity index (χ4n) is 3.14. The molecule has 142 valence electrons. The van der Waals surface area contributed by atoms with E-state index in [0.29, 0.717) is 17.3 Å². The first-order valence-corrected chi connectivity index (χ1v) is 9.31. The highest BCUT2D eigenvalue weighted by atomic mass is 35.5. The molecule has 1 aliphatic rings. The highest BCUT2D eigenvalue weighted by molar-refractivity contribution is 6.30. The largest absolute Gasteiger partial charge is 0.482 e. The third-order valence-electron chi connectivity index (χ3n) is 4.86. The van der Waals surface area contributed by atoms with Crippen LogP contribution in [0.3, 0.4) is 0 Å². The normalized spacial score (nSPS) is 14.7. The lowest BCUT2D eigenvalue weighted by molar-refractivity contribution is -0.150. The quantitative estimate of drug-likeness (QED) is 0.704. The minimum Gasteiger partial charge on any atom is -0.482 e. The Morgan fingerprint density at radius 2 is 1.70 bits per heavy atom. The lowest BCUT2D eigenvalue weighted by Gasteiger charge is -2.42. The van der Waals surface area contributed by atoms with Gasteiger partial charge in [-0.25, -0.2) is 4.79 Å². The van der Waals surface area contributed by atoms with Crippen LogP contribution in [0.1, 0.15) is 24.8 Å². The summed E-state index contributed by atoms with van der Waals surface area (Å²) in [4.78, 5) is 23.8. The van der Waals surface area contributed by atoms with Crippen LogP contribution in [0, 0.1) is 0 Å². The Morgan fingerprint density at radius 1 is 1.00 bits per heavy atom. The third kappa shape index (κ3) is 5.23. The molecule has 0 spiro atoms. The summed E-state index contributed by atoms with van der Waals surface area (Å²) in [6, 6.07) is 16.9. The summed E-state index contributed by atoms with van der Waals surface area (Å²) in [5.74, 6) is -0.394. The summed E-state index contributed by atoms with van der Waals surface area (Å²) in [5.41, 5.74) is 1.24. The fourth-order valence-corrected chi connectivity index (χ4v) is 3.27. The molecule has 6 heteroatoms. The van der Waals surface area contributed by atoms with E-state index < -0.39 is 5.97 Å². The number of hydrogen-bond acceptors (Lipinski definition) is 4. The number of rotatable bonds is 8. The second-order valence-electron chi connectivity index (χ2n) is 6.68. The van der Waals surface area contributed by atoms with E-state index in [4.69, 9.17) is 21.1 Å². The Hall–Kier alpha value is -2.53. The smallest absolute Gasteiger partial charge is 0.344 e. The molecule has 0 unspecified atom stereocenters. The first-order valence-electron chi connectivity index (χ1n) is 8.94. The molecule has 1 fully saturated rings. The summed E-state index contributed by atoms with van der Waals surface area (Å²) in [6.45, 7) is -0.0226. The van der Waals surface area contributed by atoms with Crippen LogP contribution >= 0.6 is 11.6 Å². The van der Waals surface area contributed by atoms with Crippen LogP contribution in [0.5, 0.6) is 5.75 Å². The fraction of sp³-hybridized carbons (Fsp3) is 0.333. The van der Waals surface area contributed by atoms with E-state index >= 15 is 0 Å². The molecule has 1 amide bonds. The molecule has 2 aromatic rings. The van der Waals surface area contributed by atoms with Gasteiger partial charge < -0.3 is 14.8 Å². The van der Waals surface area contributed by atoms with Crippen LogP contribution in [0.4, 0.5) is 0 Å². The Bertz CT molecular complexity index is 773. The number of halogens is 1. The Labute approximate surface area is 163 Å². The minimum atomic E-state index is -0.596. The lowest BCUT2D eigenvalue weighted by atomic mass is 9.64. The van der Waals surface area contributed by atoms with Crippen molar-refractivity contribution in [2.24, 2.45) is 0 Å². The molecule has 0 heterocycles. The average Bonchev–Trinajstić information content (AvgIpc) is 2.66. The molecule has 0 saturated heterocycles. The van der Waals surface area contributed by atoms with Gasteiger partial charge in [0, 0.05) is 17.0 Å². The summed E-state index contributed by atoms with van der Waals surface area (Å²) < 4.78 is 10.3. The number of carbonyl (C=O) groups is 2. The standard InChI is InChI=1S/C21H22ClNO4/c22-17-7-9-18(10-8-17)26-14-20(25)27-13-19(24)23-15-21(11-4-12-21)16-5-2-1-3-6-16/h1-3,5-10H,4,11-15H2,(H,23,24). The van der Waals surface area contributed by atoms with Gasteiger partial charge in [0.1, 0.15) is 5.75 Å². The molecule has 0 atom stereocenters. The van der Waals surface area contributed by atoms with E-state index in [2.05, 4.69) is 17.4 Å². The maximum atomic E-state index is 12.0. The van der Waals surface area contributed by atoms with Crippen LogP contribution in [0.25, 0.3) is 0 Å². The monoisotopic (exact) mass is 387 g/mol. The maximum absolute atomic E-state index is 12.0. The second-order valence-corrected chi connectivity index (χ2v) is 7.12. The van der Waals surface area contributed by atoms with Crippen molar-refractivity contribution in [2.75, 3.05) is 19.8 Å². The van der Waals surface area contributed by atoms with Gasteiger partial charge >= 0.3 is 5.97 Å². The Kier molecular flexibility index (Phi) is 6.35. The van der Waals surface area contributed by atoms with Gasteiger partial charge in [0.15, 0.2) is 13.2 Å². The van der Waals surface area contributed by atoms with Gasteiger partial charge in [-0.3, -0.25) is 4.79 Å². The van der Waals surface area contributed by atoms with Crippen molar-refractivity contribution in [3.05, 3.63) is 65.2 Å². The van der Waals surface area contributed by atoms with Gasteiger partial charge in [0.05, 0.1) is 0 Å². The zero-order valence-corrected chi connectivity index (χ0v) is 15.7. The van der Waals surface area contributed by atoms with Gasteiger partial charge in [0.25, 0.3) is 5.91 Å². The predicted octanol–water partition coefficient (Wildman–Crippen LogP) is 3.50. The summed E-state index contributed by atoms with van der Waals surface area (Å²) in [7, 11) is 0. The zero-order chi connectivity index (χ0) is 19.1. The molecule has 0 aliphatic heterocycles. The van der Waals surface area contributed by atoms with E-state index in [1.807, 2.05) is 18.2 Å². The summed E-state index contributed by atoms with van der Waals surface area (Å²) in [6.07, 6.45) is 3.25. The molecule has 0 bridgehead atoms. The molecule has 1 aliphatic carbocycles. The minimum absolute atomic E-state index is 0.00137. The van der Waals surface area contributed by atoms with E-state index in [1.54, 1.807) is 24.3 Å². The van der Waals surface area contributed by atoms with Crippen molar-refractivity contribution in [3.8, 4) is 5.75 Å². The van der Waals surface area contributed by atoms with Gasteiger partial charge in [0.2, 0.25) is 0 Å². The molecular weight excluding hydrogens is 366 g/mol. The number of amides is 1. The molecule has 1 saturated carbocycles. The maximum Gasteiger partial charge on any atom is 0.344 e. The average molecular weight is 388 g/mol. The molecule has 27 heavy (non-hydrogen) atoms. The van der Waals surface area contributed by atoms with Crippen molar-refractivity contribution < 1.29 is 19.1 Å². The summed E-state index contributed by atoms with van der Waals surface area (Å²) in [5, 5.41) is 3.47. The molecule has 1 N–H and O–H groups in total. The molecule has 0 aromatic heterocycles. The SMILES string of the molecule is O=C(COC(=O)COc1ccc(Cl)cc1)NCC1(c2ccccc2)CCC1. The van der Waals surface area contributed by atoms with Crippen LogP contribution in [-0.2, 0) is 19.7 Å². The number of esters is 1. The number of carbonyl (C=O) groups excluding carboxylic acids is 2. The molecule has 3 rings (SSSR count). The van der Waals surface area contributed by atoms with Crippen molar-refractivity contribution in [2.45, 2.75) is 24.7 Å². The first-order chi connectivity index (χ1) is 13.1.